The molecule has 0 spiro atoms. The summed E-state index contributed by atoms with van der Waals surface area (Å²) in [5, 5.41) is 0. The van der Waals surface area contributed by atoms with E-state index in [1.165, 1.54) is 0 Å². The standard InChI is InChI=1S/C15H14O2/c1-10-7-12(9-16)8-11(2)15(10)13-3-5-14(17)6-4-13/h3-5,7-9H,6H2,1-2H3. The van der Waals surface area contributed by atoms with E-state index in [-0.39, 0.29) is 5.78 Å². The van der Waals surface area contributed by atoms with Crippen LogP contribution in [0.4, 0.5) is 0 Å². The van der Waals surface area contributed by atoms with Gasteiger partial charge in [0.05, 0.1) is 0 Å². The van der Waals surface area contributed by atoms with Gasteiger partial charge in [0.2, 0.25) is 0 Å². The van der Waals surface area contributed by atoms with Gasteiger partial charge in [0.15, 0.2) is 5.78 Å². The van der Waals surface area contributed by atoms with Crippen LogP contribution in [0.5, 0.6) is 0 Å². The first-order valence-electron chi connectivity index (χ1n) is 5.59. The fourth-order valence-electron chi connectivity index (χ4n) is 2.24. The molecule has 0 saturated heterocycles. The van der Waals surface area contributed by atoms with E-state index >= 15 is 0 Å². The lowest BCUT2D eigenvalue weighted by molar-refractivity contribution is -0.113. The number of carbonyl (C=O) groups is 2. The summed E-state index contributed by atoms with van der Waals surface area (Å²) in [7, 11) is 0. The Morgan fingerprint density at radius 3 is 2.24 bits per heavy atom. The Bertz CT molecular complexity index is 525. The maximum absolute atomic E-state index is 11.1. The number of ketones is 1. The molecule has 86 valence electrons. The van der Waals surface area contributed by atoms with Crippen LogP contribution in [-0.2, 0) is 4.79 Å². The number of hydrogen-bond acceptors (Lipinski definition) is 2. The third-order valence-electron chi connectivity index (χ3n) is 2.95. The van der Waals surface area contributed by atoms with Crippen molar-refractivity contribution in [1.29, 1.82) is 0 Å². The van der Waals surface area contributed by atoms with Crippen LogP contribution < -0.4 is 0 Å². The molecular weight excluding hydrogens is 212 g/mol. The highest BCUT2D eigenvalue weighted by Crippen LogP contribution is 2.27. The molecule has 0 atom stereocenters. The van der Waals surface area contributed by atoms with Gasteiger partial charge >= 0.3 is 0 Å². The van der Waals surface area contributed by atoms with Crippen LogP contribution in [-0.4, -0.2) is 12.1 Å². The van der Waals surface area contributed by atoms with Crippen molar-refractivity contribution in [3.8, 4) is 0 Å². The van der Waals surface area contributed by atoms with Crippen LogP contribution in [0, 0.1) is 13.8 Å². The Labute approximate surface area is 101 Å². The molecule has 0 heterocycles. The first-order chi connectivity index (χ1) is 8.11. The van der Waals surface area contributed by atoms with E-state index in [0.29, 0.717) is 12.0 Å². The number of allylic oxidation sites excluding steroid dienone is 4. The molecule has 1 aliphatic carbocycles. The van der Waals surface area contributed by atoms with Gasteiger partial charge in [0.1, 0.15) is 6.29 Å². The van der Waals surface area contributed by atoms with Gasteiger partial charge in [-0.3, -0.25) is 9.59 Å². The number of carbonyl (C=O) groups excluding carboxylic acids is 2. The van der Waals surface area contributed by atoms with Gasteiger partial charge in [-0.15, -0.1) is 0 Å². The third kappa shape index (κ3) is 2.26. The van der Waals surface area contributed by atoms with Gasteiger partial charge in [-0.05, 0) is 54.3 Å². The van der Waals surface area contributed by atoms with E-state index in [4.69, 9.17) is 0 Å². The first-order valence-corrected chi connectivity index (χ1v) is 5.59. The summed E-state index contributed by atoms with van der Waals surface area (Å²) in [6.45, 7) is 3.97. The molecule has 0 radical (unpaired) electrons. The summed E-state index contributed by atoms with van der Waals surface area (Å²) in [4.78, 5) is 21.9. The summed E-state index contributed by atoms with van der Waals surface area (Å²) < 4.78 is 0. The quantitative estimate of drug-likeness (QED) is 0.726. The van der Waals surface area contributed by atoms with Crippen molar-refractivity contribution in [2.24, 2.45) is 0 Å². The fraction of sp³-hybridized carbons (Fsp3) is 0.200. The maximum atomic E-state index is 11.1. The molecule has 2 rings (SSSR count). The van der Waals surface area contributed by atoms with Crippen molar-refractivity contribution in [2.75, 3.05) is 0 Å². The largest absolute Gasteiger partial charge is 0.298 e. The monoisotopic (exact) mass is 226 g/mol. The molecule has 17 heavy (non-hydrogen) atoms. The van der Waals surface area contributed by atoms with Crippen LogP contribution in [0.25, 0.3) is 5.57 Å². The van der Waals surface area contributed by atoms with E-state index in [2.05, 4.69) is 0 Å². The Morgan fingerprint density at radius 2 is 1.76 bits per heavy atom. The molecule has 0 aromatic heterocycles. The highest BCUT2D eigenvalue weighted by atomic mass is 16.1. The van der Waals surface area contributed by atoms with Gasteiger partial charge < -0.3 is 0 Å². The van der Waals surface area contributed by atoms with E-state index in [1.807, 2.05) is 38.1 Å². The molecule has 1 aromatic rings. The molecule has 0 aliphatic heterocycles. The fourth-order valence-corrected chi connectivity index (χ4v) is 2.24. The molecular formula is C15H14O2. The molecule has 2 nitrogen and oxygen atoms in total. The molecule has 1 aromatic carbocycles. The first kappa shape index (κ1) is 11.5. The summed E-state index contributed by atoms with van der Waals surface area (Å²) in [5.41, 5.74) is 5.02. The smallest absolute Gasteiger partial charge is 0.159 e. The second-order valence-corrected chi connectivity index (χ2v) is 4.31. The second-order valence-electron chi connectivity index (χ2n) is 4.31. The van der Waals surface area contributed by atoms with Crippen LogP contribution in [0.15, 0.2) is 30.4 Å². The lowest BCUT2D eigenvalue weighted by atomic mass is 9.90. The molecule has 0 bridgehead atoms. The minimum Gasteiger partial charge on any atom is -0.298 e. The van der Waals surface area contributed by atoms with Crippen LogP contribution in [0.1, 0.15) is 33.5 Å². The van der Waals surface area contributed by atoms with E-state index < -0.39 is 0 Å². The molecule has 0 fully saturated rings. The second kappa shape index (κ2) is 4.50. The lowest BCUT2D eigenvalue weighted by Crippen LogP contribution is -2.00. The zero-order chi connectivity index (χ0) is 12.4. The van der Waals surface area contributed by atoms with Crippen LogP contribution >= 0.6 is 0 Å². The molecule has 2 heteroatoms. The Hall–Kier alpha value is -1.96. The predicted molar refractivity (Wildman–Crippen MR) is 68.0 cm³/mol. The van der Waals surface area contributed by atoms with E-state index in [1.54, 1.807) is 6.08 Å². The van der Waals surface area contributed by atoms with Crippen molar-refractivity contribution in [3.05, 3.63) is 52.6 Å². The Kier molecular flexibility index (Phi) is 3.05. The number of benzene rings is 1. The highest BCUT2D eigenvalue weighted by molar-refractivity contribution is 5.98. The molecule has 0 unspecified atom stereocenters. The third-order valence-corrected chi connectivity index (χ3v) is 2.95. The average molecular weight is 226 g/mol. The zero-order valence-electron chi connectivity index (χ0n) is 9.99. The van der Waals surface area contributed by atoms with Gasteiger partial charge in [-0.2, -0.15) is 0 Å². The van der Waals surface area contributed by atoms with Crippen molar-refractivity contribution in [2.45, 2.75) is 20.3 Å². The summed E-state index contributed by atoms with van der Waals surface area (Å²) in [6.07, 6.45) is 6.72. The summed E-state index contributed by atoms with van der Waals surface area (Å²) in [6, 6.07) is 3.75. The van der Waals surface area contributed by atoms with Gasteiger partial charge in [0, 0.05) is 12.0 Å². The molecule has 0 saturated carbocycles. The molecule has 0 N–H and O–H groups in total. The topological polar surface area (TPSA) is 34.1 Å². The Balaban J connectivity index is 2.50. The minimum absolute atomic E-state index is 0.133. The summed E-state index contributed by atoms with van der Waals surface area (Å²) >= 11 is 0. The zero-order valence-corrected chi connectivity index (χ0v) is 9.99. The maximum Gasteiger partial charge on any atom is 0.159 e. The molecule has 1 aliphatic rings. The SMILES string of the molecule is Cc1cc(C=O)cc(C)c1C1=CCC(=O)C=C1. The number of rotatable bonds is 2. The van der Waals surface area contributed by atoms with Gasteiger partial charge in [-0.1, -0.05) is 12.2 Å². The lowest BCUT2D eigenvalue weighted by Gasteiger charge is -2.14. The van der Waals surface area contributed by atoms with Crippen molar-refractivity contribution in [1.82, 2.24) is 0 Å². The van der Waals surface area contributed by atoms with Gasteiger partial charge in [-0.25, -0.2) is 0 Å². The van der Waals surface area contributed by atoms with Crippen molar-refractivity contribution < 1.29 is 9.59 Å². The van der Waals surface area contributed by atoms with Crippen LogP contribution in [0.2, 0.25) is 0 Å². The van der Waals surface area contributed by atoms with Crippen LogP contribution in [0.3, 0.4) is 0 Å². The molecule has 0 amide bonds. The van der Waals surface area contributed by atoms with E-state index in [0.717, 1.165) is 28.5 Å². The average Bonchev–Trinajstić information content (AvgIpc) is 2.30. The predicted octanol–water partition coefficient (Wildman–Crippen LogP) is 3.03. The highest BCUT2D eigenvalue weighted by Gasteiger charge is 2.11. The van der Waals surface area contributed by atoms with E-state index in [9.17, 15) is 9.59 Å². The van der Waals surface area contributed by atoms with Crippen molar-refractivity contribution >= 4 is 17.6 Å². The number of hydrogen-bond donors (Lipinski definition) is 0. The number of aldehydes is 1. The Morgan fingerprint density at radius 1 is 1.12 bits per heavy atom. The normalized spacial score (nSPS) is 14.7. The summed E-state index contributed by atoms with van der Waals surface area (Å²) in [5.74, 6) is 0.133. The van der Waals surface area contributed by atoms with Gasteiger partial charge in [0.25, 0.3) is 0 Å². The van der Waals surface area contributed by atoms with Crippen molar-refractivity contribution in [3.63, 3.8) is 0 Å². The minimum atomic E-state index is 0.133. The number of aryl methyl sites for hydroxylation is 2.